The molecule has 1 aliphatic heterocycles. The van der Waals surface area contributed by atoms with Crippen molar-refractivity contribution in [2.75, 3.05) is 33.4 Å². The Bertz CT molecular complexity index is 1050. The minimum atomic E-state index is -0.206. The van der Waals surface area contributed by atoms with Gasteiger partial charge in [0, 0.05) is 45.3 Å². The maximum atomic E-state index is 13.5. The first kappa shape index (κ1) is 22.3. The minimum Gasteiger partial charge on any atom is -0.381 e. The fourth-order valence-electron chi connectivity index (χ4n) is 4.53. The van der Waals surface area contributed by atoms with Crippen LogP contribution < -0.4 is 10.6 Å². The van der Waals surface area contributed by atoms with Gasteiger partial charge in [-0.2, -0.15) is 0 Å². The molecule has 1 fully saturated rings. The molecule has 4 rings (SSSR count). The van der Waals surface area contributed by atoms with E-state index in [0.717, 1.165) is 61.8 Å². The first-order valence-electron chi connectivity index (χ1n) is 11.3. The number of hydrogen-bond donors (Lipinski definition) is 2. The SMILES string of the molecule is CN=C(NCCCn1c(C)nc2ccccc21)NCC1(c2ccc(F)cc2)CCOCC1. The summed E-state index contributed by atoms with van der Waals surface area (Å²) in [7, 11) is 1.79. The number of aromatic nitrogens is 2. The Hall–Kier alpha value is -2.93. The number of para-hydroxylation sites is 2. The van der Waals surface area contributed by atoms with Crippen LogP contribution in [0.2, 0.25) is 0 Å². The summed E-state index contributed by atoms with van der Waals surface area (Å²) in [4.78, 5) is 9.04. The Morgan fingerprint density at radius 1 is 1.12 bits per heavy atom. The molecule has 2 heterocycles. The Kier molecular flexibility index (Phi) is 7.05. The van der Waals surface area contributed by atoms with Crippen molar-refractivity contribution in [2.24, 2.45) is 4.99 Å². The zero-order valence-corrected chi connectivity index (χ0v) is 18.9. The van der Waals surface area contributed by atoms with Gasteiger partial charge >= 0.3 is 0 Å². The van der Waals surface area contributed by atoms with Crippen molar-refractivity contribution in [3.63, 3.8) is 0 Å². The molecule has 0 atom stereocenters. The monoisotopic (exact) mass is 437 g/mol. The van der Waals surface area contributed by atoms with Gasteiger partial charge in [-0.1, -0.05) is 24.3 Å². The van der Waals surface area contributed by atoms with E-state index < -0.39 is 0 Å². The summed E-state index contributed by atoms with van der Waals surface area (Å²) in [6, 6.07) is 15.1. The summed E-state index contributed by atoms with van der Waals surface area (Å²) < 4.78 is 21.3. The van der Waals surface area contributed by atoms with E-state index in [9.17, 15) is 4.39 Å². The average molecular weight is 438 g/mol. The molecule has 32 heavy (non-hydrogen) atoms. The molecule has 0 unspecified atom stereocenters. The second-order valence-corrected chi connectivity index (χ2v) is 8.41. The van der Waals surface area contributed by atoms with E-state index in [1.165, 1.54) is 5.52 Å². The van der Waals surface area contributed by atoms with Crippen molar-refractivity contribution < 1.29 is 9.13 Å². The molecule has 2 aromatic carbocycles. The van der Waals surface area contributed by atoms with Crippen LogP contribution in [0.15, 0.2) is 53.5 Å². The van der Waals surface area contributed by atoms with Gasteiger partial charge in [-0.25, -0.2) is 9.37 Å². The van der Waals surface area contributed by atoms with Crippen molar-refractivity contribution >= 4 is 17.0 Å². The smallest absolute Gasteiger partial charge is 0.191 e. The van der Waals surface area contributed by atoms with E-state index in [1.807, 2.05) is 18.2 Å². The molecule has 1 saturated heterocycles. The van der Waals surface area contributed by atoms with Crippen LogP contribution in [0.3, 0.4) is 0 Å². The Morgan fingerprint density at radius 2 is 1.88 bits per heavy atom. The number of nitrogens with zero attached hydrogens (tertiary/aromatic N) is 3. The lowest BCUT2D eigenvalue weighted by Crippen LogP contribution is -2.48. The number of rotatable bonds is 7. The lowest BCUT2D eigenvalue weighted by Gasteiger charge is -2.38. The Morgan fingerprint density at radius 3 is 2.62 bits per heavy atom. The number of ether oxygens (including phenoxy) is 1. The maximum absolute atomic E-state index is 13.5. The molecule has 0 radical (unpaired) electrons. The summed E-state index contributed by atoms with van der Waals surface area (Å²) in [5, 5.41) is 6.93. The van der Waals surface area contributed by atoms with Gasteiger partial charge < -0.3 is 19.9 Å². The van der Waals surface area contributed by atoms with Crippen molar-refractivity contribution in [2.45, 2.75) is 38.1 Å². The quantitative estimate of drug-likeness (QED) is 0.335. The van der Waals surface area contributed by atoms with E-state index in [2.05, 4.69) is 50.3 Å². The standard InChI is InChI=1S/C25H32FN5O/c1-19-30-22-6-3-4-7-23(22)31(19)15-5-14-28-24(27-2)29-18-25(12-16-32-17-13-25)20-8-10-21(26)11-9-20/h3-4,6-11H,5,12-18H2,1-2H3,(H2,27,28,29). The summed E-state index contributed by atoms with van der Waals surface area (Å²) in [5.41, 5.74) is 3.27. The van der Waals surface area contributed by atoms with Crippen LogP contribution in [0.1, 0.15) is 30.7 Å². The first-order chi connectivity index (χ1) is 15.6. The number of guanidine groups is 1. The van der Waals surface area contributed by atoms with Gasteiger partial charge in [0.2, 0.25) is 0 Å². The van der Waals surface area contributed by atoms with Gasteiger partial charge in [-0.15, -0.1) is 0 Å². The number of fused-ring (bicyclic) bond motifs is 1. The van der Waals surface area contributed by atoms with Crippen LogP contribution in [0.5, 0.6) is 0 Å². The van der Waals surface area contributed by atoms with Crippen molar-refractivity contribution in [1.82, 2.24) is 20.2 Å². The second-order valence-electron chi connectivity index (χ2n) is 8.41. The van der Waals surface area contributed by atoms with Crippen LogP contribution in [0, 0.1) is 12.7 Å². The van der Waals surface area contributed by atoms with Gasteiger partial charge in [0.15, 0.2) is 5.96 Å². The summed E-state index contributed by atoms with van der Waals surface area (Å²) in [6.45, 7) is 5.90. The number of halogens is 1. The van der Waals surface area contributed by atoms with E-state index in [0.29, 0.717) is 13.2 Å². The molecule has 0 amide bonds. The topological polar surface area (TPSA) is 63.5 Å². The van der Waals surface area contributed by atoms with E-state index in [-0.39, 0.29) is 11.2 Å². The molecule has 7 heteroatoms. The Labute approximate surface area is 188 Å². The van der Waals surface area contributed by atoms with Gasteiger partial charge in [0.1, 0.15) is 11.6 Å². The lowest BCUT2D eigenvalue weighted by molar-refractivity contribution is 0.0513. The van der Waals surface area contributed by atoms with Crippen LogP contribution >= 0.6 is 0 Å². The van der Waals surface area contributed by atoms with Crippen molar-refractivity contribution in [3.05, 3.63) is 65.7 Å². The Balaban J connectivity index is 1.33. The highest BCUT2D eigenvalue weighted by Crippen LogP contribution is 2.34. The number of imidazole rings is 1. The molecule has 0 spiro atoms. The fourth-order valence-corrected chi connectivity index (χ4v) is 4.53. The zero-order valence-electron chi connectivity index (χ0n) is 18.9. The number of nitrogens with one attached hydrogen (secondary N) is 2. The normalized spacial score (nSPS) is 16.3. The summed E-state index contributed by atoms with van der Waals surface area (Å²) in [5.74, 6) is 1.61. The predicted molar refractivity (Wildman–Crippen MR) is 127 cm³/mol. The molecule has 3 aromatic rings. The molecule has 0 aliphatic carbocycles. The highest BCUT2D eigenvalue weighted by molar-refractivity contribution is 5.79. The average Bonchev–Trinajstić information content (AvgIpc) is 3.14. The van der Waals surface area contributed by atoms with Crippen LogP contribution in [-0.2, 0) is 16.7 Å². The molecule has 1 aliphatic rings. The van der Waals surface area contributed by atoms with Crippen LogP contribution in [0.4, 0.5) is 4.39 Å². The molecule has 1 aromatic heterocycles. The molecular formula is C25H32FN5O. The van der Waals surface area contributed by atoms with Gasteiger partial charge in [-0.3, -0.25) is 4.99 Å². The minimum absolute atomic E-state index is 0.0869. The largest absolute Gasteiger partial charge is 0.381 e. The number of hydrogen-bond acceptors (Lipinski definition) is 3. The summed E-state index contributed by atoms with van der Waals surface area (Å²) in [6.07, 6.45) is 2.75. The molecule has 0 saturated carbocycles. The highest BCUT2D eigenvalue weighted by Gasteiger charge is 2.34. The predicted octanol–water partition coefficient (Wildman–Crippen LogP) is 3.79. The summed E-state index contributed by atoms with van der Waals surface area (Å²) >= 11 is 0. The zero-order chi connectivity index (χ0) is 22.4. The number of aliphatic imine (C=N–C) groups is 1. The molecule has 2 N–H and O–H groups in total. The number of benzene rings is 2. The first-order valence-corrected chi connectivity index (χ1v) is 11.3. The van der Waals surface area contributed by atoms with Gasteiger partial charge in [0.25, 0.3) is 0 Å². The molecule has 6 nitrogen and oxygen atoms in total. The third-order valence-electron chi connectivity index (χ3n) is 6.42. The van der Waals surface area contributed by atoms with Gasteiger partial charge in [0.05, 0.1) is 11.0 Å². The van der Waals surface area contributed by atoms with Crippen LogP contribution in [0.25, 0.3) is 11.0 Å². The van der Waals surface area contributed by atoms with E-state index >= 15 is 0 Å². The van der Waals surface area contributed by atoms with Gasteiger partial charge in [-0.05, 0) is 56.0 Å². The third kappa shape index (κ3) is 4.93. The maximum Gasteiger partial charge on any atom is 0.191 e. The van der Waals surface area contributed by atoms with E-state index in [4.69, 9.17) is 4.74 Å². The molecular weight excluding hydrogens is 405 g/mol. The lowest BCUT2D eigenvalue weighted by atomic mass is 9.74. The number of aryl methyl sites for hydroxylation is 2. The van der Waals surface area contributed by atoms with Crippen LogP contribution in [-0.4, -0.2) is 48.9 Å². The highest BCUT2D eigenvalue weighted by atomic mass is 19.1. The van der Waals surface area contributed by atoms with Crippen molar-refractivity contribution in [1.29, 1.82) is 0 Å². The van der Waals surface area contributed by atoms with Crippen molar-refractivity contribution in [3.8, 4) is 0 Å². The van der Waals surface area contributed by atoms with E-state index in [1.54, 1.807) is 19.2 Å². The molecule has 170 valence electrons. The molecule has 0 bridgehead atoms. The fraction of sp³-hybridized carbons (Fsp3) is 0.440. The second kappa shape index (κ2) is 10.1. The third-order valence-corrected chi connectivity index (χ3v) is 6.42.